The molecule has 1 aromatic heterocycles. The second kappa shape index (κ2) is 11.2. The first-order valence-corrected chi connectivity index (χ1v) is 13.3. The number of carbonyl (C=O) groups excluding carboxylic acids is 1. The fraction of sp³-hybridized carbons (Fsp3) is 0.323. The molecule has 3 unspecified atom stereocenters. The van der Waals surface area contributed by atoms with E-state index in [0.29, 0.717) is 48.9 Å². The van der Waals surface area contributed by atoms with Crippen LogP contribution in [0, 0.1) is 6.92 Å². The number of aromatic nitrogens is 2. The van der Waals surface area contributed by atoms with E-state index in [1.165, 1.54) is 0 Å². The lowest BCUT2D eigenvalue weighted by Crippen LogP contribution is -2.42. The van der Waals surface area contributed by atoms with E-state index in [1.807, 2.05) is 85.8 Å². The predicted octanol–water partition coefficient (Wildman–Crippen LogP) is 4.51. The standard InChI is InChI=1S/C31H34N4O3/c1-3-9-25(34(19-18-32)30(36)23-16-14-21(2)15-17-23)29-33-27-24-12-7-8-13-26(24)38-28(27)31(37)35(29)20-22-10-5-4-6-11-22/h4-8,10-17,24-26H,3,9,18-20,32H2,1-2H3. The molecule has 0 radical (unpaired) electrons. The Labute approximate surface area is 223 Å². The Hall–Kier alpha value is -3.97. The van der Waals surface area contributed by atoms with E-state index in [0.717, 1.165) is 17.5 Å². The zero-order chi connectivity index (χ0) is 26.6. The highest BCUT2D eigenvalue weighted by Crippen LogP contribution is 2.39. The summed E-state index contributed by atoms with van der Waals surface area (Å²) in [5, 5.41) is 0. The molecule has 1 aliphatic carbocycles. The van der Waals surface area contributed by atoms with Crippen molar-refractivity contribution in [1.82, 2.24) is 14.5 Å². The van der Waals surface area contributed by atoms with Crippen molar-refractivity contribution in [3.63, 3.8) is 0 Å². The van der Waals surface area contributed by atoms with Gasteiger partial charge in [0.2, 0.25) is 5.75 Å². The number of ether oxygens (including phenoxy) is 1. The predicted molar refractivity (Wildman–Crippen MR) is 148 cm³/mol. The fourth-order valence-electron chi connectivity index (χ4n) is 5.26. The number of nitrogens with two attached hydrogens (primary N) is 1. The molecule has 2 aliphatic rings. The monoisotopic (exact) mass is 510 g/mol. The second-order valence-corrected chi connectivity index (χ2v) is 9.90. The quantitative estimate of drug-likeness (QED) is 0.457. The number of carbonyl (C=O) groups is 1. The zero-order valence-corrected chi connectivity index (χ0v) is 21.9. The molecule has 7 heteroatoms. The molecule has 1 aliphatic heterocycles. The zero-order valence-electron chi connectivity index (χ0n) is 21.9. The first-order chi connectivity index (χ1) is 18.5. The molecule has 0 saturated carbocycles. The van der Waals surface area contributed by atoms with E-state index in [4.69, 9.17) is 15.5 Å². The number of nitrogens with zero attached hydrogens (tertiary/aromatic N) is 3. The van der Waals surface area contributed by atoms with Crippen molar-refractivity contribution in [3.8, 4) is 5.75 Å². The smallest absolute Gasteiger partial charge is 0.296 e. The Balaban J connectivity index is 1.66. The van der Waals surface area contributed by atoms with Crippen molar-refractivity contribution in [1.29, 1.82) is 0 Å². The van der Waals surface area contributed by atoms with Crippen molar-refractivity contribution in [3.05, 3.63) is 117 Å². The van der Waals surface area contributed by atoms with Gasteiger partial charge in [0.1, 0.15) is 17.6 Å². The SMILES string of the molecule is CCCC(c1nc2c(c(=O)n1Cc1ccccc1)OC1C=CC=CC21)N(CCN)C(=O)c1ccc(C)cc1. The number of benzene rings is 2. The number of allylic oxidation sites excluding steroid dienone is 2. The van der Waals surface area contributed by atoms with Gasteiger partial charge in [-0.1, -0.05) is 79.6 Å². The maximum absolute atomic E-state index is 14.0. The molecule has 2 aromatic carbocycles. The van der Waals surface area contributed by atoms with Gasteiger partial charge in [-0.3, -0.25) is 14.2 Å². The molecule has 7 nitrogen and oxygen atoms in total. The summed E-state index contributed by atoms with van der Waals surface area (Å²) in [5.74, 6) is 0.609. The van der Waals surface area contributed by atoms with Crippen LogP contribution in [0.4, 0.5) is 0 Å². The molecule has 0 spiro atoms. The molecule has 3 atom stereocenters. The van der Waals surface area contributed by atoms with Gasteiger partial charge < -0.3 is 15.4 Å². The summed E-state index contributed by atoms with van der Waals surface area (Å²) in [5.41, 5.74) is 9.09. The lowest BCUT2D eigenvalue weighted by Gasteiger charge is -2.33. The average Bonchev–Trinajstić information content (AvgIpc) is 3.32. The Kier molecular flexibility index (Phi) is 7.56. The second-order valence-electron chi connectivity index (χ2n) is 9.90. The Morgan fingerprint density at radius 1 is 1.11 bits per heavy atom. The molecule has 5 rings (SSSR count). The first-order valence-electron chi connectivity index (χ1n) is 13.3. The topological polar surface area (TPSA) is 90.5 Å². The van der Waals surface area contributed by atoms with Crippen molar-refractivity contribution in [2.24, 2.45) is 5.73 Å². The number of amides is 1. The van der Waals surface area contributed by atoms with Gasteiger partial charge in [-0.25, -0.2) is 4.98 Å². The van der Waals surface area contributed by atoms with Crippen LogP contribution < -0.4 is 16.0 Å². The van der Waals surface area contributed by atoms with E-state index in [2.05, 4.69) is 6.92 Å². The summed E-state index contributed by atoms with van der Waals surface area (Å²) in [6.45, 7) is 5.04. The summed E-state index contributed by atoms with van der Waals surface area (Å²) in [7, 11) is 0. The van der Waals surface area contributed by atoms with E-state index >= 15 is 0 Å². The normalized spacial score (nSPS) is 18.0. The number of hydrogen-bond donors (Lipinski definition) is 1. The van der Waals surface area contributed by atoms with Crippen LogP contribution in [0.15, 0.2) is 83.7 Å². The third-order valence-corrected chi connectivity index (χ3v) is 7.19. The summed E-state index contributed by atoms with van der Waals surface area (Å²) in [4.78, 5) is 34.8. The Morgan fingerprint density at radius 2 is 1.84 bits per heavy atom. The van der Waals surface area contributed by atoms with Crippen molar-refractivity contribution < 1.29 is 9.53 Å². The van der Waals surface area contributed by atoms with Crippen LogP contribution in [-0.4, -0.2) is 39.6 Å². The maximum atomic E-state index is 14.0. The molecule has 0 bridgehead atoms. The average molecular weight is 511 g/mol. The number of rotatable bonds is 9. The number of fused-ring (bicyclic) bond motifs is 3. The molecule has 0 fully saturated rings. The van der Waals surface area contributed by atoms with Crippen molar-refractivity contribution in [2.75, 3.05) is 13.1 Å². The molecular weight excluding hydrogens is 476 g/mol. The van der Waals surface area contributed by atoms with Crippen molar-refractivity contribution >= 4 is 5.91 Å². The molecule has 3 aromatic rings. The van der Waals surface area contributed by atoms with Crippen molar-refractivity contribution in [2.45, 2.75) is 51.3 Å². The van der Waals surface area contributed by atoms with Crippen LogP contribution in [0.3, 0.4) is 0 Å². The van der Waals surface area contributed by atoms with Crippen LogP contribution in [0.5, 0.6) is 5.75 Å². The molecule has 2 heterocycles. The highest BCUT2D eigenvalue weighted by molar-refractivity contribution is 5.94. The van der Waals surface area contributed by atoms with Gasteiger partial charge >= 0.3 is 0 Å². The molecule has 1 amide bonds. The largest absolute Gasteiger partial charge is 0.478 e. The van der Waals surface area contributed by atoms with Crippen LogP contribution in [-0.2, 0) is 6.54 Å². The third-order valence-electron chi connectivity index (χ3n) is 7.19. The van der Waals surface area contributed by atoms with E-state index in [9.17, 15) is 9.59 Å². The van der Waals surface area contributed by atoms with Crippen LogP contribution in [0.25, 0.3) is 0 Å². The minimum Gasteiger partial charge on any atom is -0.478 e. The van der Waals surface area contributed by atoms with Crippen LogP contribution >= 0.6 is 0 Å². The third kappa shape index (κ3) is 4.94. The summed E-state index contributed by atoms with van der Waals surface area (Å²) < 4.78 is 7.80. The molecular formula is C31H34N4O3. The lowest BCUT2D eigenvalue weighted by molar-refractivity contribution is 0.0657. The molecule has 196 valence electrons. The Morgan fingerprint density at radius 3 is 2.55 bits per heavy atom. The van der Waals surface area contributed by atoms with Crippen LogP contribution in [0.1, 0.15) is 64.7 Å². The number of aryl methyl sites for hydroxylation is 1. The van der Waals surface area contributed by atoms with Gasteiger partial charge in [0.15, 0.2) is 0 Å². The maximum Gasteiger partial charge on any atom is 0.296 e. The van der Waals surface area contributed by atoms with E-state index < -0.39 is 6.04 Å². The molecule has 38 heavy (non-hydrogen) atoms. The summed E-state index contributed by atoms with van der Waals surface area (Å²) >= 11 is 0. The highest BCUT2D eigenvalue weighted by Gasteiger charge is 2.39. The van der Waals surface area contributed by atoms with Gasteiger partial charge in [0.05, 0.1) is 18.5 Å². The van der Waals surface area contributed by atoms with Gasteiger partial charge in [0, 0.05) is 18.7 Å². The highest BCUT2D eigenvalue weighted by atomic mass is 16.5. The number of hydrogen-bond acceptors (Lipinski definition) is 5. The van der Waals surface area contributed by atoms with Gasteiger partial charge in [-0.15, -0.1) is 0 Å². The van der Waals surface area contributed by atoms with Crippen LogP contribution in [0.2, 0.25) is 0 Å². The summed E-state index contributed by atoms with van der Waals surface area (Å²) in [6, 6.07) is 16.9. The first kappa shape index (κ1) is 25.7. The van der Waals surface area contributed by atoms with E-state index in [1.54, 1.807) is 9.47 Å². The Bertz CT molecular complexity index is 1410. The minimum atomic E-state index is -0.429. The van der Waals surface area contributed by atoms with Gasteiger partial charge in [-0.05, 0) is 37.1 Å². The fourth-order valence-corrected chi connectivity index (χ4v) is 5.26. The minimum absolute atomic E-state index is 0.121. The molecule has 2 N–H and O–H groups in total. The summed E-state index contributed by atoms with van der Waals surface area (Å²) in [6.07, 6.45) is 9.06. The lowest BCUT2D eigenvalue weighted by atomic mass is 9.95. The van der Waals surface area contributed by atoms with E-state index in [-0.39, 0.29) is 23.5 Å². The van der Waals surface area contributed by atoms with Gasteiger partial charge in [0.25, 0.3) is 11.5 Å². The molecule has 0 saturated heterocycles. The van der Waals surface area contributed by atoms with Gasteiger partial charge in [-0.2, -0.15) is 0 Å².